The Labute approximate surface area is 280 Å². The third kappa shape index (κ3) is 9.59. The van der Waals surface area contributed by atoms with Crippen molar-refractivity contribution in [1.82, 2.24) is 4.90 Å². The van der Waals surface area contributed by atoms with Crippen molar-refractivity contribution in [2.75, 3.05) is 38.4 Å². The van der Waals surface area contributed by atoms with Crippen molar-refractivity contribution in [2.45, 2.75) is 51.2 Å². The molecule has 1 aliphatic heterocycles. The van der Waals surface area contributed by atoms with Gasteiger partial charge in [0.2, 0.25) is 5.91 Å². The Morgan fingerprint density at radius 3 is 2.19 bits per heavy atom. The Kier molecular flexibility index (Phi) is 12.2. The predicted octanol–water partition coefficient (Wildman–Crippen LogP) is 6.76. The predicted molar refractivity (Wildman–Crippen MR) is 179 cm³/mol. The molecule has 1 saturated heterocycles. The Hall–Kier alpha value is -4.85. The quantitative estimate of drug-likeness (QED) is 0.122. The summed E-state index contributed by atoms with van der Waals surface area (Å²) >= 11 is 0. The number of rotatable bonds is 12. The fourth-order valence-electron chi connectivity index (χ4n) is 5.36. The molecule has 0 spiro atoms. The summed E-state index contributed by atoms with van der Waals surface area (Å²) in [6, 6.07) is 19.5. The number of hydrogen-bond donors (Lipinski definition) is 0. The lowest BCUT2D eigenvalue weighted by Crippen LogP contribution is -2.68. The van der Waals surface area contributed by atoms with Gasteiger partial charge in [0.15, 0.2) is 11.6 Å². The van der Waals surface area contributed by atoms with E-state index in [0.717, 1.165) is 17.7 Å². The van der Waals surface area contributed by atoms with Gasteiger partial charge in [-0.15, -0.1) is 0 Å². The minimum absolute atomic E-state index is 0.0315. The van der Waals surface area contributed by atoms with E-state index < -0.39 is 46.4 Å². The Balaban J connectivity index is 1.61. The molecule has 48 heavy (non-hydrogen) atoms. The third-order valence-electron chi connectivity index (χ3n) is 7.38. The minimum atomic E-state index is -1.32. The second kappa shape index (κ2) is 16.3. The monoisotopic (exact) mass is 658 g/mol. The van der Waals surface area contributed by atoms with Gasteiger partial charge in [0.1, 0.15) is 11.3 Å². The molecule has 0 radical (unpaired) electrons. The number of hydrogen-bond acceptors (Lipinski definition) is 6. The van der Waals surface area contributed by atoms with Crippen LogP contribution in [0.2, 0.25) is 0 Å². The average molecular weight is 659 g/mol. The van der Waals surface area contributed by atoms with Crippen LogP contribution in [0.4, 0.5) is 19.3 Å². The van der Waals surface area contributed by atoms with Crippen molar-refractivity contribution in [3.63, 3.8) is 0 Å². The zero-order valence-electron chi connectivity index (χ0n) is 27.6. The summed E-state index contributed by atoms with van der Waals surface area (Å²) in [6.07, 6.45) is 3.45. The van der Waals surface area contributed by atoms with Crippen molar-refractivity contribution < 1.29 is 37.4 Å². The van der Waals surface area contributed by atoms with Crippen LogP contribution in [-0.2, 0) is 23.8 Å². The van der Waals surface area contributed by atoms with Crippen molar-refractivity contribution >= 4 is 29.7 Å². The van der Waals surface area contributed by atoms with Crippen LogP contribution >= 0.6 is 0 Å². The average Bonchev–Trinajstić information content (AvgIpc) is 3.03. The van der Waals surface area contributed by atoms with E-state index in [-0.39, 0.29) is 51.2 Å². The van der Waals surface area contributed by atoms with E-state index in [1.165, 1.54) is 12.0 Å². The number of ether oxygens (including phenoxy) is 3. The molecular formula is C38H40F2N2O6. The van der Waals surface area contributed by atoms with Crippen molar-refractivity contribution in [3.8, 4) is 11.8 Å². The lowest BCUT2D eigenvalue weighted by molar-refractivity contribution is -0.155. The zero-order chi connectivity index (χ0) is 34.7. The first-order chi connectivity index (χ1) is 22.9. The highest BCUT2D eigenvalue weighted by molar-refractivity contribution is 6.16. The highest BCUT2D eigenvalue weighted by atomic mass is 19.1. The first-order valence-corrected chi connectivity index (χ1v) is 15.6. The second-order valence-electron chi connectivity index (χ2n) is 12.4. The van der Waals surface area contributed by atoms with Crippen LogP contribution in [0.3, 0.4) is 0 Å². The molecular weight excluding hydrogens is 618 g/mol. The maximum Gasteiger partial charge on any atom is 0.332 e. The van der Waals surface area contributed by atoms with E-state index in [1.54, 1.807) is 51.1 Å². The lowest BCUT2D eigenvalue weighted by atomic mass is 9.90. The van der Waals surface area contributed by atoms with E-state index in [2.05, 4.69) is 11.8 Å². The van der Waals surface area contributed by atoms with Crippen LogP contribution in [0, 0.1) is 23.5 Å². The zero-order valence-corrected chi connectivity index (χ0v) is 27.6. The summed E-state index contributed by atoms with van der Waals surface area (Å²) in [5.74, 6) is 2.02. The van der Waals surface area contributed by atoms with Crippen LogP contribution in [0.15, 0.2) is 78.9 Å². The molecule has 1 atom stereocenters. The molecule has 3 amide bonds. The maximum atomic E-state index is 15.6. The summed E-state index contributed by atoms with van der Waals surface area (Å²) in [6.45, 7) is 5.14. The SMILES string of the molecule is COCC1(COC/C=C/c2ccccc2)CC(=O)N(c2c(F)cc(C#Cc3ccccc3)cc2F)C(=O)N1CCCC(=O)OC(C)(C)C. The van der Waals surface area contributed by atoms with E-state index in [0.29, 0.717) is 10.5 Å². The molecule has 1 heterocycles. The maximum absolute atomic E-state index is 15.6. The molecule has 4 rings (SSSR count). The Bertz CT molecular complexity index is 1650. The number of imide groups is 1. The summed E-state index contributed by atoms with van der Waals surface area (Å²) in [5.41, 5.74) is -1.16. The van der Waals surface area contributed by atoms with E-state index >= 15 is 8.78 Å². The number of urea groups is 1. The van der Waals surface area contributed by atoms with Gasteiger partial charge in [0, 0.05) is 31.2 Å². The largest absolute Gasteiger partial charge is 0.460 e. The number of amides is 3. The molecule has 0 saturated carbocycles. The summed E-state index contributed by atoms with van der Waals surface area (Å²) in [7, 11) is 1.42. The smallest absolute Gasteiger partial charge is 0.332 e. The molecule has 1 aliphatic rings. The topological polar surface area (TPSA) is 85.4 Å². The highest BCUT2D eigenvalue weighted by Gasteiger charge is 2.51. The van der Waals surface area contributed by atoms with Gasteiger partial charge in [-0.3, -0.25) is 9.59 Å². The van der Waals surface area contributed by atoms with Gasteiger partial charge in [-0.1, -0.05) is 72.5 Å². The number of carbonyl (C=O) groups excluding carboxylic acids is 3. The van der Waals surface area contributed by atoms with Crippen LogP contribution in [0.25, 0.3) is 6.08 Å². The van der Waals surface area contributed by atoms with Crippen molar-refractivity contribution in [2.24, 2.45) is 0 Å². The van der Waals surface area contributed by atoms with Crippen LogP contribution < -0.4 is 4.90 Å². The molecule has 3 aromatic rings. The van der Waals surface area contributed by atoms with E-state index in [9.17, 15) is 14.4 Å². The van der Waals surface area contributed by atoms with E-state index in [1.807, 2.05) is 42.5 Å². The second-order valence-corrected chi connectivity index (χ2v) is 12.4. The molecule has 252 valence electrons. The molecule has 0 aromatic heterocycles. The van der Waals surface area contributed by atoms with Crippen molar-refractivity contribution in [1.29, 1.82) is 0 Å². The number of anilines is 1. The number of methoxy groups -OCH3 is 1. The lowest BCUT2D eigenvalue weighted by Gasteiger charge is -2.48. The molecule has 0 aliphatic carbocycles. The molecule has 1 unspecified atom stereocenters. The van der Waals surface area contributed by atoms with Gasteiger partial charge in [-0.05, 0) is 57.0 Å². The fraction of sp³-hybridized carbons (Fsp3) is 0.342. The van der Waals surface area contributed by atoms with Crippen LogP contribution in [-0.4, -0.2) is 67.4 Å². The Morgan fingerprint density at radius 2 is 1.56 bits per heavy atom. The standard InChI is InChI=1S/C38H40F2N2O6/c1-37(2,3)48-34(44)18-11-21-41-36(45)42(35-31(39)23-30(24-32(35)40)20-19-29-15-9-6-10-16-29)33(43)25-38(41,26-46-4)27-47-22-12-17-28-13-7-5-8-14-28/h5-10,12-17,23-24H,11,18,21-22,25-27H2,1-4H3/b17-12+. The summed E-state index contributed by atoms with van der Waals surface area (Å²) in [4.78, 5) is 42.1. The Morgan fingerprint density at radius 1 is 0.938 bits per heavy atom. The molecule has 3 aromatic carbocycles. The number of esters is 1. The first-order valence-electron chi connectivity index (χ1n) is 15.6. The molecule has 8 nitrogen and oxygen atoms in total. The van der Waals surface area contributed by atoms with Gasteiger partial charge in [0.05, 0.1) is 31.8 Å². The third-order valence-corrected chi connectivity index (χ3v) is 7.38. The fourth-order valence-corrected chi connectivity index (χ4v) is 5.36. The number of halogens is 2. The van der Waals surface area contributed by atoms with Gasteiger partial charge in [-0.25, -0.2) is 18.5 Å². The van der Waals surface area contributed by atoms with Gasteiger partial charge in [-0.2, -0.15) is 0 Å². The molecule has 1 fully saturated rings. The normalized spacial score (nSPS) is 16.6. The van der Waals surface area contributed by atoms with Crippen LogP contribution in [0.1, 0.15) is 56.7 Å². The van der Waals surface area contributed by atoms with Gasteiger partial charge >= 0.3 is 12.0 Å². The van der Waals surface area contributed by atoms with E-state index in [4.69, 9.17) is 14.2 Å². The van der Waals surface area contributed by atoms with Crippen molar-refractivity contribution in [3.05, 3.63) is 107 Å². The molecule has 0 bridgehead atoms. The minimum Gasteiger partial charge on any atom is -0.460 e. The summed E-state index contributed by atoms with van der Waals surface area (Å²) < 4.78 is 48.0. The molecule has 10 heteroatoms. The summed E-state index contributed by atoms with van der Waals surface area (Å²) in [5, 5.41) is 0. The number of benzene rings is 3. The van der Waals surface area contributed by atoms with Gasteiger partial charge < -0.3 is 19.1 Å². The highest BCUT2D eigenvalue weighted by Crippen LogP contribution is 2.35. The first kappa shape index (κ1) is 36.0. The van der Waals surface area contributed by atoms with Crippen LogP contribution in [0.5, 0.6) is 0 Å². The number of nitrogens with zero attached hydrogens (tertiary/aromatic N) is 2. The molecule has 0 N–H and O–H groups in total. The number of carbonyl (C=O) groups is 3. The van der Waals surface area contributed by atoms with Gasteiger partial charge in [0.25, 0.3) is 0 Å².